The van der Waals surface area contributed by atoms with Crippen molar-refractivity contribution in [2.75, 3.05) is 6.54 Å². The van der Waals surface area contributed by atoms with E-state index in [9.17, 15) is 0 Å². The molecule has 0 aromatic carbocycles. The second-order valence-electron chi connectivity index (χ2n) is 4.78. The van der Waals surface area contributed by atoms with E-state index in [0.717, 1.165) is 18.0 Å². The molecule has 0 radical (unpaired) electrons. The van der Waals surface area contributed by atoms with Gasteiger partial charge in [-0.3, -0.25) is 4.90 Å². The highest BCUT2D eigenvalue weighted by atomic mass is 35.5. The lowest BCUT2D eigenvalue weighted by molar-refractivity contribution is 0.106. The van der Waals surface area contributed by atoms with Crippen molar-refractivity contribution in [3.8, 4) is 0 Å². The Morgan fingerprint density at radius 3 is 3.06 bits per heavy atom. The number of piperidine rings is 1. The molecular formula is C13H19ClN2. The average Bonchev–Trinajstić information content (AvgIpc) is 2.28. The van der Waals surface area contributed by atoms with Crippen LogP contribution in [0.15, 0.2) is 18.3 Å². The first kappa shape index (κ1) is 11.9. The van der Waals surface area contributed by atoms with Crippen molar-refractivity contribution in [1.82, 2.24) is 9.88 Å². The first-order chi connectivity index (χ1) is 7.68. The number of aromatic nitrogens is 1. The molecular weight excluding hydrogens is 220 g/mol. The van der Waals surface area contributed by atoms with Crippen LogP contribution in [-0.2, 0) is 6.54 Å². The van der Waals surface area contributed by atoms with Gasteiger partial charge in [0.25, 0.3) is 0 Å². The molecule has 2 atom stereocenters. The van der Waals surface area contributed by atoms with Crippen LogP contribution < -0.4 is 0 Å². The Kier molecular flexibility index (Phi) is 3.82. The first-order valence-corrected chi connectivity index (χ1v) is 6.39. The number of rotatable bonds is 2. The molecule has 1 saturated heterocycles. The predicted molar refractivity (Wildman–Crippen MR) is 67.5 cm³/mol. The maximum Gasteiger partial charge on any atom is 0.133 e. The van der Waals surface area contributed by atoms with Crippen LogP contribution >= 0.6 is 11.6 Å². The van der Waals surface area contributed by atoms with Crippen molar-refractivity contribution in [3.05, 3.63) is 29.0 Å². The van der Waals surface area contributed by atoms with E-state index in [1.165, 1.54) is 19.4 Å². The van der Waals surface area contributed by atoms with Crippen LogP contribution in [-0.4, -0.2) is 22.5 Å². The van der Waals surface area contributed by atoms with Crippen molar-refractivity contribution in [2.45, 2.75) is 39.3 Å². The lowest BCUT2D eigenvalue weighted by Gasteiger charge is -2.38. The van der Waals surface area contributed by atoms with Gasteiger partial charge in [0.2, 0.25) is 0 Å². The maximum atomic E-state index is 6.09. The fourth-order valence-electron chi connectivity index (χ4n) is 2.40. The first-order valence-electron chi connectivity index (χ1n) is 6.02. The zero-order chi connectivity index (χ0) is 11.5. The van der Waals surface area contributed by atoms with Gasteiger partial charge in [0.1, 0.15) is 5.15 Å². The van der Waals surface area contributed by atoms with Crippen LogP contribution in [0.5, 0.6) is 0 Å². The second-order valence-corrected chi connectivity index (χ2v) is 5.14. The van der Waals surface area contributed by atoms with Crippen molar-refractivity contribution >= 4 is 11.6 Å². The highest BCUT2D eigenvalue weighted by Crippen LogP contribution is 2.25. The number of nitrogens with zero attached hydrogens (tertiary/aromatic N) is 2. The Morgan fingerprint density at radius 1 is 1.50 bits per heavy atom. The third kappa shape index (κ3) is 2.55. The second kappa shape index (κ2) is 5.15. The van der Waals surface area contributed by atoms with Gasteiger partial charge in [-0.2, -0.15) is 0 Å². The summed E-state index contributed by atoms with van der Waals surface area (Å²) < 4.78 is 0. The maximum absolute atomic E-state index is 6.09. The molecule has 16 heavy (non-hydrogen) atoms. The van der Waals surface area contributed by atoms with Crippen LogP contribution in [0.1, 0.15) is 32.3 Å². The highest BCUT2D eigenvalue weighted by Gasteiger charge is 2.24. The van der Waals surface area contributed by atoms with Gasteiger partial charge in [-0.25, -0.2) is 4.98 Å². The standard InChI is InChI=1S/C13H19ClN2/c1-10-5-4-8-16(11(10)2)9-12-6-3-7-15-13(12)14/h3,6-7,10-11H,4-5,8-9H2,1-2H3. The Labute approximate surface area is 103 Å². The molecule has 0 N–H and O–H groups in total. The van der Waals surface area contributed by atoms with Gasteiger partial charge in [0.15, 0.2) is 0 Å². The number of halogens is 1. The smallest absolute Gasteiger partial charge is 0.133 e. The summed E-state index contributed by atoms with van der Waals surface area (Å²) in [6.07, 6.45) is 4.38. The summed E-state index contributed by atoms with van der Waals surface area (Å²) in [6.45, 7) is 6.75. The molecule has 1 aromatic heterocycles. The van der Waals surface area contributed by atoms with E-state index < -0.39 is 0 Å². The van der Waals surface area contributed by atoms with Crippen molar-refractivity contribution < 1.29 is 0 Å². The van der Waals surface area contributed by atoms with Gasteiger partial charge in [-0.1, -0.05) is 24.6 Å². The normalized spacial score (nSPS) is 26.9. The quantitative estimate of drug-likeness (QED) is 0.735. The van der Waals surface area contributed by atoms with Crippen LogP contribution in [0.2, 0.25) is 5.15 Å². The van der Waals surface area contributed by atoms with Gasteiger partial charge < -0.3 is 0 Å². The fraction of sp³-hybridized carbons (Fsp3) is 0.615. The van der Waals surface area contributed by atoms with Crippen LogP contribution in [0.25, 0.3) is 0 Å². The molecule has 0 aliphatic carbocycles. The van der Waals surface area contributed by atoms with E-state index in [4.69, 9.17) is 11.6 Å². The predicted octanol–water partition coefficient (Wildman–Crippen LogP) is 3.36. The minimum Gasteiger partial charge on any atom is -0.296 e. The van der Waals surface area contributed by atoms with E-state index in [2.05, 4.69) is 29.8 Å². The van der Waals surface area contributed by atoms with Crippen molar-refractivity contribution in [2.24, 2.45) is 5.92 Å². The van der Waals surface area contributed by atoms with Gasteiger partial charge in [0, 0.05) is 24.3 Å². The highest BCUT2D eigenvalue weighted by molar-refractivity contribution is 6.30. The van der Waals surface area contributed by atoms with Crippen LogP contribution in [0.3, 0.4) is 0 Å². The fourth-order valence-corrected chi connectivity index (χ4v) is 2.58. The molecule has 2 rings (SSSR count). The molecule has 2 nitrogen and oxygen atoms in total. The number of likely N-dealkylation sites (tertiary alicyclic amines) is 1. The number of hydrogen-bond acceptors (Lipinski definition) is 2. The average molecular weight is 239 g/mol. The molecule has 0 amide bonds. The largest absolute Gasteiger partial charge is 0.296 e. The third-order valence-electron chi connectivity index (χ3n) is 3.71. The number of pyridine rings is 1. The number of hydrogen-bond donors (Lipinski definition) is 0. The van der Waals surface area contributed by atoms with E-state index in [0.29, 0.717) is 11.2 Å². The lowest BCUT2D eigenvalue weighted by atomic mass is 9.92. The van der Waals surface area contributed by atoms with E-state index in [-0.39, 0.29) is 0 Å². The molecule has 1 aliphatic rings. The third-order valence-corrected chi connectivity index (χ3v) is 4.05. The molecule has 0 spiro atoms. The lowest BCUT2D eigenvalue weighted by Crippen LogP contribution is -2.41. The van der Waals surface area contributed by atoms with Gasteiger partial charge in [-0.05, 0) is 38.3 Å². The molecule has 1 aromatic rings. The molecule has 1 fully saturated rings. The Bertz CT molecular complexity index is 354. The van der Waals surface area contributed by atoms with Crippen molar-refractivity contribution in [1.29, 1.82) is 0 Å². The summed E-state index contributed by atoms with van der Waals surface area (Å²) in [6, 6.07) is 4.67. The van der Waals surface area contributed by atoms with E-state index in [1.54, 1.807) is 6.20 Å². The summed E-state index contributed by atoms with van der Waals surface area (Å²) in [5.41, 5.74) is 1.14. The molecule has 1 aliphatic heterocycles. The molecule has 88 valence electrons. The van der Waals surface area contributed by atoms with Crippen LogP contribution in [0, 0.1) is 5.92 Å². The molecule has 0 bridgehead atoms. The molecule has 2 heterocycles. The van der Waals surface area contributed by atoms with Gasteiger partial charge >= 0.3 is 0 Å². The zero-order valence-electron chi connectivity index (χ0n) is 9.99. The summed E-state index contributed by atoms with van der Waals surface area (Å²) in [4.78, 5) is 6.64. The van der Waals surface area contributed by atoms with E-state index in [1.807, 2.05) is 6.07 Å². The zero-order valence-corrected chi connectivity index (χ0v) is 10.7. The summed E-state index contributed by atoms with van der Waals surface area (Å²) in [5, 5.41) is 0.646. The van der Waals surface area contributed by atoms with E-state index >= 15 is 0 Å². The summed E-state index contributed by atoms with van der Waals surface area (Å²) >= 11 is 6.09. The Hall–Kier alpha value is -0.600. The Morgan fingerprint density at radius 2 is 2.31 bits per heavy atom. The SMILES string of the molecule is CC1CCCN(Cc2cccnc2Cl)C1C. The van der Waals surface area contributed by atoms with Crippen LogP contribution in [0.4, 0.5) is 0 Å². The summed E-state index contributed by atoms with van der Waals surface area (Å²) in [7, 11) is 0. The Balaban J connectivity index is 2.06. The van der Waals surface area contributed by atoms with Gasteiger partial charge in [-0.15, -0.1) is 0 Å². The minimum absolute atomic E-state index is 0.644. The monoisotopic (exact) mass is 238 g/mol. The van der Waals surface area contributed by atoms with Gasteiger partial charge in [0.05, 0.1) is 0 Å². The summed E-state index contributed by atoms with van der Waals surface area (Å²) in [5.74, 6) is 0.782. The minimum atomic E-state index is 0.644. The topological polar surface area (TPSA) is 16.1 Å². The molecule has 0 saturated carbocycles. The molecule has 2 unspecified atom stereocenters. The van der Waals surface area contributed by atoms with Crippen molar-refractivity contribution in [3.63, 3.8) is 0 Å². The molecule has 3 heteroatoms.